The molecule has 0 amide bonds. The van der Waals surface area contributed by atoms with Gasteiger partial charge in [0.2, 0.25) is 0 Å². The van der Waals surface area contributed by atoms with E-state index in [4.69, 9.17) is 0 Å². The lowest BCUT2D eigenvalue weighted by molar-refractivity contribution is -0.0498. The molecule has 7 heteroatoms. The second kappa shape index (κ2) is 10.6. The average Bonchev–Trinajstić information content (AvgIpc) is 2.98. The maximum Gasteiger partial charge on any atom is 0.387 e. The van der Waals surface area contributed by atoms with E-state index in [1.165, 1.54) is 31.7 Å². The number of hydrogen-bond donors (Lipinski definition) is 2. The lowest BCUT2D eigenvalue weighted by Gasteiger charge is -2.16. The summed E-state index contributed by atoms with van der Waals surface area (Å²) in [4.78, 5) is 4.52. The van der Waals surface area contributed by atoms with Gasteiger partial charge < -0.3 is 15.4 Å². The Morgan fingerprint density at radius 1 is 1.35 bits per heavy atom. The van der Waals surface area contributed by atoms with Crippen molar-refractivity contribution in [3.63, 3.8) is 0 Å². The molecule has 0 atom stereocenters. The molecule has 0 unspecified atom stereocenters. The highest BCUT2D eigenvalue weighted by Gasteiger charge is 2.15. The van der Waals surface area contributed by atoms with Crippen molar-refractivity contribution >= 4 is 29.9 Å². The minimum absolute atomic E-state index is 0. The summed E-state index contributed by atoms with van der Waals surface area (Å²) in [7, 11) is 0. The highest BCUT2D eigenvalue weighted by atomic mass is 127. The summed E-state index contributed by atoms with van der Waals surface area (Å²) in [6.07, 6.45) is 4.85. The van der Waals surface area contributed by atoms with Crippen LogP contribution in [0.4, 0.5) is 8.78 Å². The summed E-state index contributed by atoms with van der Waals surface area (Å²) in [5.74, 6) is 0.936. The maximum atomic E-state index is 12.2. The predicted octanol–water partition coefficient (Wildman–Crippen LogP) is 3.90. The van der Waals surface area contributed by atoms with Crippen LogP contribution in [0.2, 0.25) is 0 Å². The van der Waals surface area contributed by atoms with Crippen LogP contribution >= 0.6 is 24.0 Å². The lowest BCUT2D eigenvalue weighted by atomic mass is 10.2. The third-order valence-electron chi connectivity index (χ3n) is 3.58. The normalized spacial score (nSPS) is 15.4. The molecule has 0 saturated heterocycles. The zero-order chi connectivity index (χ0) is 15.8. The zero-order valence-electron chi connectivity index (χ0n) is 13.2. The Hall–Kier alpha value is -1.12. The molecule has 0 bridgehead atoms. The number of aliphatic imine (C=N–C) groups is 1. The summed E-state index contributed by atoms with van der Waals surface area (Å²) >= 11 is 0. The molecule has 1 saturated carbocycles. The van der Waals surface area contributed by atoms with E-state index in [1.807, 2.05) is 13.0 Å². The van der Waals surface area contributed by atoms with Crippen LogP contribution in [0, 0.1) is 0 Å². The summed E-state index contributed by atoms with van der Waals surface area (Å²) in [5.41, 5.74) is 0.835. The topological polar surface area (TPSA) is 45.7 Å². The number of benzene rings is 1. The van der Waals surface area contributed by atoms with Crippen molar-refractivity contribution in [3.05, 3.63) is 29.8 Å². The first-order valence-electron chi connectivity index (χ1n) is 7.76. The maximum absolute atomic E-state index is 12.2. The highest BCUT2D eigenvalue weighted by molar-refractivity contribution is 14.0. The first-order valence-corrected chi connectivity index (χ1v) is 7.76. The third kappa shape index (κ3) is 7.32. The molecule has 0 aliphatic heterocycles. The Balaban J connectivity index is 0.00000264. The number of nitrogens with zero attached hydrogens (tertiary/aromatic N) is 1. The SMILES string of the molecule is CCNC(=NCc1cccc(OC(F)F)c1)NC1CCCC1.I. The van der Waals surface area contributed by atoms with Gasteiger partial charge in [-0.25, -0.2) is 4.99 Å². The fourth-order valence-electron chi connectivity index (χ4n) is 2.57. The Morgan fingerprint density at radius 2 is 2.09 bits per heavy atom. The van der Waals surface area contributed by atoms with Crippen molar-refractivity contribution in [2.45, 2.75) is 51.8 Å². The van der Waals surface area contributed by atoms with Gasteiger partial charge in [-0.1, -0.05) is 25.0 Å². The Morgan fingerprint density at radius 3 is 2.74 bits per heavy atom. The van der Waals surface area contributed by atoms with Gasteiger partial charge in [0.25, 0.3) is 0 Å². The Bertz CT molecular complexity index is 494. The molecule has 130 valence electrons. The standard InChI is InChI=1S/C16H23F2N3O.HI/c1-2-19-16(21-13-7-3-4-8-13)20-11-12-6-5-9-14(10-12)22-15(17)18;/h5-6,9-10,13,15H,2-4,7-8,11H2,1H3,(H2,19,20,21);1H. The first-order chi connectivity index (χ1) is 10.7. The smallest absolute Gasteiger partial charge is 0.387 e. The Kier molecular flexibility index (Phi) is 9.20. The largest absolute Gasteiger partial charge is 0.435 e. The lowest BCUT2D eigenvalue weighted by Crippen LogP contribution is -2.42. The fourth-order valence-corrected chi connectivity index (χ4v) is 2.57. The minimum Gasteiger partial charge on any atom is -0.435 e. The van der Waals surface area contributed by atoms with Crippen LogP contribution in [-0.2, 0) is 6.54 Å². The second-order valence-corrected chi connectivity index (χ2v) is 5.35. The monoisotopic (exact) mass is 439 g/mol. The van der Waals surface area contributed by atoms with Gasteiger partial charge in [-0.05, 0) is 37.5 Å². The van der Waals surface area contributed by atoms with E-state index in [2.05, 4.69) is 20.4 Å². The number of rotatable bonds is 6. The molecule has 1 aliphatic rings. The van der Waals surface area contributed by atoms with Crippen LogP contribution in [0.5, 0.6) is 5.75 Å². The van der Waals surface area contributed by atoms with Crippen molar-refractivity contribution in [2.24, 2.45) is 4.99 Å². The van der Waals surface area contributed by atoms with Gasteiger partial charge in [0.05, 0.1) is 6.54 Å². The number of hydrogen-bond acceptors (Lipinski definition) is 2. The molecular weight excluding hydrogens is 415 g/mol. The highest BCUT2D eigenvalue weighted by Crippen LogP contribution is 2.18. The molecule has 23 heavy (non-hydrogen) atoms. The fraction of sp³-hybridized carbons (Fsp3) is 0.562. The van der Waals surface area contributed by atoms with Crippen molar-refractivity contribution in [2.75, 3.05) is 6.54 Å². The number of guanidine groups is 1. The van der Waals surface area contributed by atoms with E-state index in [0.717, 1.165) is 18.1 Å². The van der Waals surface area contributed by atoms with Crippen LogP contribution in [-0.4, -0.2) is 25.2 Å². The molecule has 1 aromatic carbocycles. The number of ether oxygens (including phenoxy) is 1. The van der Waals surface area contributed by atoms with Gasteiger partial charge in [-0.2, -0.15) is 8.78 Å². The molecule has 0 radical (unpaired) electrons. The van der Waals surface area contributed by atoms with Crippen molar-refractivity contribution < 1.29 is 13.5 Å². The van der Waals surface area contributed by atoms with Gasteiger partial charge in [0.1, 0.15) is 5.75 Å². The van der Waals surface area contributed by atoms with Crippen molar-refractivity contribution in [3.8, 4) is 5.75 Å². The quantitative estimate of drug-likeness (QED) is 0.402. The summed E-state index contributed by atoms with van der Waals surface area (Å²) in [6, 6.07) is 7.13. The van der Waals surface area contributed by atoms with Gasteiger partial charge in [0, 0.05) is 12.6 Å². The van der Waals surface area contributed by atoms with E-state index in [-0.39, 0.29) is 29.7 Å². The number of nitrogens with one attached hydrogen (secondary N) is 2. The van der Waals surface area contributed by atoms with Gasteiger partial charge in [0.15, 0.2) is 5.96 Å². The number of alkyl halides is 2. The number of halogens is 3. The van der Waals surface area contributed by atoms with E-state index < -0.39 is 6.61 Å². The summed E-state index contributed by atoms with van der Waals surface area (Å²) < 4.78 is 28.9. The van der Waals surface area contributed by atoms with Crippen molar-refractivity contribution in [1.82, 2.24) is 10.6 Å². The van der Waals surface area contributed by atoms with E-state index in [0.29, 0.717) is 12.6 Å². The average molecular weight is 439 g/mol. The van der Waals surface area contributed by atoms with Gasteiger partial charge in [-0.15, -0.1) is 24.0 Å². The summed E-state index contributed by atoms with van der Waals surface area (Å²) in [5, 5.41) is 6.64. The molecule has 0 heterocycles. The molecule has 2 N–H and O–H groups in total. The van der Waals surface area contributed by atoms with Crippen molar-refractivity contribution in [1.29, 1.82) is 0 Å². The van der Waals surface area contributed by atoms with Gasteiger partial charge in [-0.3, -0.25) is 0 Å². The van der Waals surface area contributed by atoms with Gasteiger partial charge >= 0.3 is 6.61 Å². The van der Waals surface area contributed by atoms with Crippen LogP contribution in [0.1, 0.15) is 38.2 Å². The van der Waals surface area contributed by atoms with Crippen LogP contribution < -0.4 is 15.4 Å². The van der Waals surface area contributed by atoms with E-state index in [9.17, 15) is 8.78 Å². The van der Waals surface area contributed by atoms with E-state index >= 15 is 0 Å². The zero-order valence-corrected chi connectivity index (χ0v) is 15.6. The molecule has 2 rings (SSSR count). The first kappa shape index (κ1) is 19.9. The minimum atomic E-state index is -2.81. The second-order valence-electron chi connectivity index (χ2n) is 5.35. The molecule has 1 aromatic rings. The molecule has 1 aliphatic carbocycles. The van der Waals surface area contributed by atoms with Crippen LogP contribution in [0.3, 0.4) is 0 Å². The molecule has 0 spiro atoms. The summed E-state index contributed by atoms with van der Waals surface area (Å²) in [6.45, 7) is 0.415. The van der Waals surface area contributed by atoms with E-state index in [1.54, 1.807) is 12.1 Å². The molecule has 0 aromatic heterocycles. The molecule has 4 nitrogen and oxygen atoms in total. The molecular formula is C16H24F2IN3O. The predicted molar refractivity (Wildman–Crippen MR) is 98.7 cm³/mol. The third-order valence-corrected chi connectivity index (χ3v) is 3.58. The van der Waals surface area contributed by atoms with Crippen LogP contribution in [0.15, 0.2) is 29.3 Å². The molecule has 1 fully saturated rings. The van der Waals surface area contributed by atoms with Crippen LogP contribution in [0.25, 0.3) is 0 Å². The Labute approximate surface area is 153 Å².